The van der Waals surface area contributed by atoms with Crippen molar-refractivity contribution in [1.29, 1.82) is 0 Å². The highest BCUT2D eigenvalue weighted by Gasteiger charge is 2.31. The normalized spacial score (nSPS) is 21.9. The van der Waals surface area contributed by atoms with Crippen molar-refractivity contribution < 1.29 is 33.3 Å². The molecule has 1 aliphatic carbocycles. The number of carbonyl (C=O) groups excluding carboxylic acids is 3. The first-order valence-electron chi connectivity index (χ1n) is 15.5. The van der Waals surface area contributed by atoms with Crippen LogP contribution in [0.15, 0.2) is 48.5 Å². The summed E-state index contributed by atoms with van der Waals surface area (Å²) in [6.07, 6.45) is 3.80. The number of benzene rings is 2. The molecule has 1 N–H and O–H groups in total. The van der Waals surface area contributed by atoms with Crippen molar-refractivity contribution in [3.05, 3.63) is 65.2 Å². The first-order valence-corrected chi connectivity index (χ1v) is 15.5. The number of esters is 1. The summed E-state index contributed by atoms with van der Waals surface area (Å²) in [5.74, 6) is 0.636. The molecule has 9 nitrogen and oxygen atoms in total. The van der Waals surface area contributed by atoms with Crippen molar-refractivity contribution >= 4 is 18.0 Å². The molecule has 0 radical (unpaired) electrons. The van der Waals surface area contributed by atoms with Crippen LogP contribution in [0.25, 0.3) is 0 Å². The van der Waals surface area contributed by atoms with Gasteiger partial charge in [-0.1, -0.05) is 24.3 Å². The van der Waals surface area contributed by atoms with Crippen LogP contribution in [0.2, 0.25) is 0 Å². The minimum Gasteiger partial charge on any atom is -0.484 e. The number of carbonyl (C=O) groups is 3. The Balaban J connectivity index is 1.22. The number of amides is 2. The molecule has 2 aliphatic heterocycles. The standard InChI is InChI=1S/C34H44N2O7/c1-22(35-31(37)29-8-6-20-40-29)30(25-13-11-24(12-14-25)23-9-10-23)41-27-17-15-26(16-18-27)32(38)42-28-7-5-19-36(21-28)33(39)43-34(2,3)4/h11-18,22-23,28-30H,5-10,19-21H2,1-4H3,(H,35,37)/t22-,28-,29-,30-/m0/s1. The van der Waals surface area contributed by atoms with Gasteiger partial charge in [-0.2, -0.15) is 0 Å². The van der Waals surface area contributed by atoms with E-state index in [2.05, 4.69) is 29.6 Å². The third-order valence-corrected chi connectivity index (χ3v) is 8.02. The summed E-state index contributed by atoms with van der Waals surface area (Å²) in [5.41, 5.74) is 2.09. The van der Waals surface area contributed by atoms with E-state index in [4.69, 9.17) is 18.9 Å². The zero-order valence-electron chi connectivity index (χ0n) is 25.7. The summed E-state index contributed by atoms with van der Waals surface area (Å²) >= 11 is 0. The van der Waals surface area contributed by atoms with Gasteiger partial charge in [0.15, 0.2) is 0 Å². The van der Waals surface area contributed by atoms with E-state index in [-0.39, 0.29) is 11.9 Å². The van der Waals surface area contributed by atoms with Crippen molar-refractivity contribution in [2.24, 2.45) is 0 Å². The molecular weight excluding hydrogens is 548 g/mol. The smallest absolute Gasteiger partial charge is 0.410 e. The number of likely N-dealkylation sites (tertiary alicyclic amines) is 1. The van der Waals surface area contributed by atoms with Gasteiger partial charge in [-0.05, 0) is 108 Å². The maximum absolute atomic E-state index is 13.0. The molecule has 1 saturated carbocycles. The molecule has 2 aromatic carbocycles. The van der Waals surface area contributed by atoms with Crippen LogP contribution in [0.1, 0.15) is 99.7 Å². The van der Waals surface area contributed by atoms with E-state index < -0.39 is 36.0 Å². The molecule has 2 saturated heterocycles. The van der Waals surface area contributed by atoms with E-state index in [1.165, 1.54) is 18.4 Å². The molecule has 9 heteroatoms. The second kappa shape index (κ2) is 13.4. The maximum Gasteiger partial charge on any atom is 0.410 e. The predicted octanol–water partition coefficient (Wildman–Crippen LogP) is 5.92. The number of nitrogens with zero attached hydrogens (tertiary/aromatic N) is 1. The lowest BCUT2D eigenvalue weighted by Crippen LogP contribution is -2.45. The van der Waals surface area contributed by atoms with Crippen LogP contribution >= 0.6 is 0 Å². The van der Waals surface area contributed by atoms with Crippen molar-refractivity contribution in [1.82, 2.24) is 10.2 Å². The van der Waals surface area contributed by atoms with Crippen LogP contribution in [0, 0.1) is 0 Å². The highest BCUT2D eigenvalue weighted by Crippen LogP contribution is 2.40. The zero-order valence-corrected chi connectivity index (χ0v) is 25.7. The first kappa shape index (κ1) is 30.9. The molecule has 232 valence electrons. The molecule has 0 spiro atoms. The van der Waals surface area contributed by atoms with Crippen LogP contribution in [-0.4, -0.2) is 66.4 Å². The second-order valence-corrected chi connectivity index (χ2v) is 12.9. The van der Waals surface area contributed by atoms with Crippen LogP contribution < -0.4 is 10.1 Å². The molecule has 2 amide bonds. The molecule has 3 aliphatic rings. The van der Waals surface area contributed by atoms with Gasteiger partial charge < -0.3 is 29.2 Å². The topological polar surface area (TPSA) is 103 Å². The molecular formula is C34H44N2O7. The lowest BCUT2D eigenvalue weighted by atomic mass is 10.00. The van der Waals surface area contributed by atoms with E-state index in [0.717, 1.165) is 24.8 Å². The van der Waals surface area contributed by atoms with Gasteiger partial charge in [-0.15, -0.1) is 0 Å². The Hall–Kier alpha value is -3.59. The van der Waals surface area contributed by atoms with E-state index in [1.54, 1.807) is 29.2 Å². The fraction of sp³-hybridized carbons (Fsp3) is 0.559. The fourth-order valence-corrected chi connectivity index (χ4v) is 5.57. The van der Waals surface area contributed by atoms with Gasteiger partial charge in [0.05, 0.1) is 18.2 Å². The monoisotopic (exact) mass is 592 g/mol. The van der Waals surface area contributed by atoms with Gasteiger partial charge in [-0.25, -0.2) is 9.59 Å². The van der Waals surface area contributed by atoms with Gasteiger partial charge in [0, 0.05) is 13.2 Å². The lowest BCUT2D eigenvalue weighted by Gasteiger charge is -2.33. The molecule has 0 aromatic heterocycles. The number of ether oxygens (including phenoxy) is 4. The van der Waals surface area contributed by atoms with Crippen LogP contribution in [0.5, 0.6) is 5.75 Å². The predicted molar refractivity (Wildman–Crippen MR) is 161 cm³/mol. The molecule has 3 fully saturated rings. The van der Waals surface area contributed by atoms with Crippen molar-refractivity contribution in [2.75, 3.05) is 19.7 Å². The summed E-state index contributed by atoms with van der Waals surface area (Å²) in [5, 5.41) is 3.09. The SMILES string of the molecule is C[C@H](NC(=O)[C@@H]1CCCO1)[C@H](Oc1ccc(C(=O)O[C@H]2CCCN(C(=O)OC(C)(C)C)C2)cc1)c1ccc(C2CC2)cc1. The Morgan fingerprint density at radius 1 is 0.953 bits per heavy atom. The Labute approximate surface area is 254 Å². The summed E-state index contributed by atoms with van der Waals surface area (Å²) < 4.78 is 23.2. The summed E-state index contributed by atoms with van der Waals surface area (Å²) in [6.45, 7) is 8.90. The average molecular weight is 593 g/mol. The highest BCUT2D eigenvalue weighted by atomic mass is 16.6. The van der Waals surface area contributed by atoms with E-state index in [0.29, 0.717) is 43.3 Å². The summed E-state index contributed by atoms with van der Waals surface area (Å²) in [7, 11) is 0. The molecule has 2 heterocycles. The number of nitrogens with one attached hydrogen (secondary N) is 1. The number of rotatable bonds is 9. The summed E-state index contributed by atoms with van der Waals surface area (Å²) in [4.78, 5) is 39.9. The average Bonchev–Trinajstić information content (AvgIpc) is 3.68. The van der Waals surface area contributed by atoms with Crippen LogP contribution in [0.3, 0.4) is 0 Å². The quantitative estimate of drug-likeness (QED) is 0.360. The minimum absolute atomic E-state index is 0.126. The zero-order chi connectivity index (χ0) is 30.6. The molecule has 0 bridgehead atoms. The minimum atomic E-state index is -0.586. The van der Waals surface area contributed by atoms with Crippen molar-refractivity contribution in [3.63, 3.8) is 0 Å². The third kappa shape index (κ3) is 8.50. The van der Waals surface area contributed by atoms with Crippen LogP contribution in [-0.2, 0) is 19.0 Å². The lowest BCUT2D eigenvalue weighted by molar-refractivity contribution is -0.131. The van der Waals surface area contributed by atoms with Gasteiger partial charge in [0.25, 0.3) is 0 Å². The van der Waals surface area contributed by atoms with Crippen LogP contribution in [0.4, 0.5) is 4.79 Å². The Morgan fingerprint density at radius 2 is 1.67 bits per heavy atom. The van der Waals surface area contributed by atoms with Gasteiger partial charge in [-0.3, -0.25) is 4.79 Å². The Morgan fingerprint density at radius 3 is 2.30 bits per heavy atom. The Kier molecular flexibility index (Phi) is 9.59. The fourth-order valence-electron chi connectivity index (χ4n) is 5.57. The van der Waals surface area contributed by atoms with E-state index >= 15 is 0 Å². The second-order valence-electron chi connectivity index (χ2n) is 12.9. The molecule has 43 heavy (non-hydrogen) atoms. The van der Waals surface area contributed by atoms with Gasteiger partial charge in [0.2, 0.25) is 5.91 Å². The van der Waals surface area contributed by atoms with Crippen molar-refractivity contribution in [3.8, 4) is 5.75 Å². The van der Waals surface area contributed by atoms with Crippen molar-refractivity contribution in [2.45, 2.75) is 102 Å². The molecule has 0 unspecified atom stereocenters. The largest absolute Gasteiger partial charge is 0.484 e. The highest BCUT2D eigenvalue weighted by molar-refractivity contribution is 5.89. The van der Waals surface area contributed by atoms with E-state index in [1.807, 2.05) is 27.7 Å². The maximum atomic E-state index is 13.0. The Bertz CT molecular complexity index is 1260. The number of hydrogen-bond acceptors (Lipinski definition) is 7. The molecule has 5 rings (SSSR count). The van der Waals surface area contributed by atoms with Gasteiger partial charge >= 0.3 is 12.1 Å². The summed E-state index contributed by atoms with van der Waals surface area (Å²) in [6, 6.07) is 14.9. The molecule has 2 aromatic rings. The number of hydrogen-bond donors (Lipinski definition) is 1. The van der Waals surface area contributed by atoms with E-state index in [9.17, 15) is 14.4 Å². The third-order valence-electron chi connectivity index (χ3n) is 8.02. The van der Waals surface area contributed by atoms with Gasteiger partial charge in [0.1, 0.15) is 29.7 Å². The molecule has 4 atom stereocenters. The first-order chi connectivity index (χ1) is 20.6. The number of piperidine rings is 1.